The van der Waals surface area contributed by atoms with Crippen LogP contribution in [0.5, 0.6) is 11.5 Å². The Morgan fingerprint density at radius 3 is 2.75 bits per heavy atom. The summed E-state index contributed by atoms with van der Waals surface area (Å²) in [6.45, 7) is 7.54. The van der Waals surface area contributed by atoms with Crippen molar-refractivity contribution in [1.29, 1.82) is 0 Å². The third-order valence-corrected chi connectivity index (χ3v) is 4.98. The third kappa shape index (κ3) is 3.65. The molecule has 2 aromatic heterocycles. The topological polar surface area (TPSA) is 77.8 Å². The number of nitrogens with zero attached hydrogens (tertiary/aromatic N) is 3. The quantitative estimate of drug-likeness (QED) is 0.736. The van der Waals surface area contributed by atoms with Gasteiger partial charge in [0.25, 0.3) is 0 Å². The van der Waals surface area contributed by atoms with Crippen LogP contribution < -0.4 is 14.8 Å². The van der Waals surface area contributed by atoms with E-state index in [0.29, 0.717) is 32.6 Å². The first-order valence-electron chi connectivity index (χ1n) is 9.49. The molecule has 3 aromatic rings. The second kappa shape index (κ2) is 7.50. The molecule has 1 N–H and O–H groups in total. The molecule has 4 rings (SSSR count). The molecular formula is C21H24N4O3. The molecule has 0 saturated carbocycles. The number of hydrogen-bond donors (Lipinski definition) is 1. The van der Waals surface area contributed by atoms with Gasteiger partial charge in [-0.1, -0.05) is 6.07 Å². The Kier molecular flexibility index (Phi) is 4.90. The Balaban J connectivity index is 1.38. The van der Waals surface area contributed by atoms with Gasteiger partial charge < -0.3 is 14.8 Å². The maximum absolute atomic E-state index is 12.4. The number of amides is 1. The number of carbonyl (C=O) groups excluding carboxylic acids is 1. The molecule has 0 atom stereocenters. The minimum absolute atomic E-state index is 0.00503. The van der Waals surface area contributed by atoms with Gasteiger partial charge >= 0.3 is 0 Å². The van der Waals surface area contributed by atoms with Crippen LogP contribution in [0.3, 0.4) is 0 Å². The van der Waals surface area contributed by atoms with Crippen molar-refractivity contribution >= 4 is 11.6 Å². The van der Waals surface area contributed by atoms with E-state index in [4.69, 9.17) is 9.47 Å². The van der Waals surface area contributed by atoms with Gasteiger partial charge in [-0.2, -0.15) is 5.10 Å². The predicted octanol–water partition coefficient (Wildman–Crippen LogP) is 2.67. The van der Waals surface area contributed by atoms with E-state index in [0.717, 1.165) is 45.4 Å². The van der Waals surface area contributed by atoms with Gasteiger partial charge in [0.15, 0.2) is 17.1 Å². The fourth-order valence-corrected chi connectivity index (χ4v) is 3.53. The molecule has 0 unspecified atom stereocenters. The lowest BCUT2D eigenvalue weighted by Gasteiger charge is -2.19. The van der Waals surface area contributed by atoms with Gasteiger partial charge in [-0.25, -0.2) is 9.50 Å². The van der Waals surface area contributed by atoms with Crippen molar-refractivity contribution in [2.75, 3.05) is 13.2 Å². The van der Waals surface area contributed by atoms with Crippen LogP contribution in [0, 0.1) is 20.8 Å². The summed E-state index contributed by atoms with van der Waals surface area (Å²) in [6, 6.07) is 7.71. The third-order valence-electron chi connectivity index (χ3n) is 4.98. The number of aromatic nitrogens is 3. The molecule has 28 heavy (non-hydrogen) atoms. The maximum Gasteiger partial charge on any atom is 0.220 e. The Morgan fingerprint density at radius 2 is 1.93 bits per heavy atom. The number of benzene rings is 1. The molecule has 0 bridgehead atoms. The summed E-state index contributed by atoms with van der Waals surface area (Å²) < 4.78 is 13.0. The summed E-state index contributed by atoms with van der Waals surface area (Å²) in [5.41, 5.74) is 5.83. The lowest BCUT2D eigenvalue weighted by molar-refractivity contribution is -0.121. The predicted molar refractivity (Wildman–Crippen MR) is 105 cm³/mol. The molecule has 1 aromatic carbocycles. The first-order chi connectivity index (χ1) is 13.5. The molecule has 1 aliphatic heterocycles. The van der Waals surface area contributed by atoms with Crippen molar-refractivity contribution in [3.63, 3.8) is 0 Å². The first kappa shape index (κ1) is 18.3. The fraction of sp³-hybridized carbons (Fsp3) is 0.381. The standard InChI is InChI=1S/C21H24N4O3/c1-13-10-20-23-14(2)17(15(3)25(20)24-13)5-7-21(26)22-12-16-4-6-18-19(11-16)28-9-8-27-18/h4,6,10-11H,5,7-9,12H2,1-3H3,(H,22,26). The summed E-state index contributed by atoms with van der Waals surface area (Å²) in [5, 5.41) is 7.46. The fourth-order valence-electron chi connectivity index (χ4n) is 3.53. The van der Waals surface area contributed by atoms with Gasteiger partial charge in [0, 0.05) is 30.4 Å². The maximum atomic E-state index is 12.4. The van der Waals surface area contributed by atoms with E-state index in [-0.39, 0.29) is 5.91 Å². The molecule has 0 aliphatic carbocycles. The van der Waals surface area contributed by atoms with Crippen LogP contribution in [0.2, 0.25) is 0 Å². The lowest BCUT2D eigenvalue weighted by atomic mass is 10.1. The molecule has 1 aliphatic rings. The van der Waals surface area contributed by atoms with Crippen molar-refractivity contribution in [1.82, 2.24) is 19.9 Å². The Labute approximate surface area is 163 Å². The van der Waals surface area contributed by atoms with Gasteiger partial charge in [0.1, 0.15) is 13.2 Å². The van der Waals surface area contributed by atoms with Crippen molar-refractivity contribution in [3.05, 3.63) is 52.5 Å². The molecule has 0 radical (unpaired) electrons. The average molecular weight is 380 g/mol. The molecule has 7 nitrogen and oxygen atoms in total. The lowest BCUT2D eigenvalue weighted by Crippen LogP contribution is -2.23. The van der Waals surface area contributed by atoms with Crippen molar-refractivity contribution in [2.45, 2.75) is 40.2 Å². The minimum atomic E-state index is 0.00503. The summed E-state index contributed by atoms with van der Waals surface area (Å²) in [4.78, 5) is 17.0. The zero-order valence-electron chi connectivity index (χ0n) is 16.4. The average Bonchev–Trinajstić information content (AvgIpc) is 3.06. The highest BCUT2D eigenvalue weighted by molar-refractivity contribution is 5.76. The van der Waals surface area contributed by atoms with Gasteiger partial charge in [0.2, 0.25) is 5.91 Å². The Hall–Kier alpha value is -3.09. The van der Waals surface area contributed by atoms with Crippen LogP contribution in [0.4, 0.5) is 0 Å². The number of carbonyl (C=O) groups is 1. The van der Waals surface area contributed by atoms with E-state index in [2.05, 4.69) is 15.4 Å². The highest BCUT2D eigenvalue weighted by Gasteiger charge is 2.14. The normalized spacial score (nSPS) is 13.0. The van der Waals surface area contributed by atoms with Crippen LogP contribution in [0.1, 0.15) is 34.6 Å². The first-order valence-corrected chi connectivity index (χ1v) is 9.49. The van der Waals surface area contributed by atoms with Gasteiger partial charge in [-0.05, 0) is 50.5 Å². The minimum Gasteiger partial charge on any atom is -0.486 e. The largest absolute Gasteiger partial charge is 0.486 e. The van der Waals surface area contributed by atoms with Crippen molar-refractivity contribution in [3.8, 4) is 11.5 Å². The van der Waals surface area contributed by atoms with Crippen molar-refractivity contribution in [2.24, 2.45) is 0 Å². The van der Waals surface area contributed by atoms with Gasteiger partial charge in [-0.3, -0.25) is 4.79 Å². The molecule has 3 heterocycles. The summed E-state index contributed by atoms with van der Waals surface area (Å²) in [7, 11) is 0. The van der Waals surface area contributed by atoms with Crippen LogP contribution >= 0.6 is 0 Å². The van der Waals surface area contributed by atoms with E-state index in [9.17, 15) is 4.79 Å². The number of aryl methyl sites for hydroxylation is 3. The highest BCUT2D eigenvalue weighted by atomic mass is 16.6. The van der Waals surface area contributed by atoms with Crippen LogP contribution in [-0.2, 0) is 17.8 Å². The van der Waals surface area contributed by atoms with Gasteiger partial charge in [-0.15, -0.1) is 0 Å². The summed E-state index contributed by atoms with van der Waals surface area (Å²) in [5.74, 6) is 1.49. The van der Waals surface area contributed by atoms with E-state index in [1.807, 2.05) is 49.6 Å². The Morgan fingerprint density at radius 1 is 1.14 bits per heavy atom. The van der Waals surface area contributed by atoms with E-state index in [1.54, 1.807) is 0 Å². The summed E-state index contributed by atoms with van der Waals surface area (Å²) >= 11 is 0. The molecule has 7 heteroatoms. The summed E-state index contributed by atoms with van der Waals surface area (Å²) in [6.07, 6.45) is 1.03. The highest BCUT2D eigenvalue weighted by Crippen LogP contribution is 2.30. The Bertz CT molecular complexity index is 1040. The second-order valence-corrected chi connectivity index (χ2v) is 7.07. The number of fused-ring (bicyclic) bond motifs is 2. The molecule has 0 fully saturated rings. The molecule has 0 spiro atoms. The monoisotopic (exact) mass is 380 g/mol. The van der Waals surface area contributed by atoms with Gasteiger partial charge in [0.05, 0.1) is 5.69 Å². The zero-order chi connectivity index (χ0) is 19.7. The van der Waals surface area contributed by atoms with E-state index in [1.165, 1.54) is 0 Å². The van der Waals surface area contributed by atoms with E-state index < -0.39 is 0 Å². The second-order valence-electron chi connectivity index (χ2n) is 7.07. The smallest absolute Gasteiger partial charge is 0.220 e. The number of ether oxygens (including phenoxy) is 2. The number of nitrogens with one attached hydrogen (secondary N) is 1. The number of rotatable bonds is 5. The molecule has 1 amide bonds. The van der Waals surface area contributed by atoms with E-state index >= 15 is 0 Å². The molecule has 0 saturated heterocycles. The van der Waals surface area contributed by atoms with Crippen LogP contribution in [0.25, 0.3) is 5.65 Å². The van der Waals surface area contributed by atoms with Crippen LogP contribution in [0.15, 0.2) is 24.3 Å². The SMILES string of the molecule is Cc1cc2nc(C)c(CCC(=O)NCc3ccc4c(c3)OCCO4)c(C)n2n1. The van der Waals surface area contributed by atoms with Crippen LogP contribution in [-0.4, -0.2) is 33.7 Å². The molecular weight excluding hydrogens is 356 g/mol. The zero-order valence-corrected chi connectivity index (χ0v) is 16.4. The van der Waals surface area contributed by atoms with Crippen molar-refractivity contribution < 1.29 is 14.3 Å². The molecule has 146 valence electrons. The number of hydrogen-bond acceptors (Lipinski definition) is 5.